The van der Waals surface area contributed by atoms with Crippen LogP contribution in [-0.4, -0.2) is 60.2 Å². The Hall–Kier alpha value is -3.97. The number of carbonyl (C=O) groups is 3. The van der Waals surface area contributed by atoms with Crippen molar-refractivity contribution >= 4 is 17.7 Å². The van der Waals surface area contributed by atoms with Gasteiger partial charge in [0.15, 0.2) is 0 Å². The molecule has 1 heterocycles. The van der Waals surface area contributed by atoms with Crippen molar-refractivity contribution in [3.8, 4) is 0 Å². The van der Waals surface area contributed by atoms with E-state index in [2.05, 4.69) is 10.6 Å². The van der Waals surface area contributed by atoms with Crippen LogP contribution >= 0.6 is 0 Å². The van der Waals surface area contributed by atoms with Gasteiger partial charge in [-0.2, -0.15) is 0 Å². The highest BCUT2D eigenvalue weighted by molar-refractivity contribution is 5.85. The molecule has 0 aromatic heterocycles. The summed E-state index contributed by atoms with van der Waals surface area (Å²) in [5.74, 6) is -0.454. The summed E-state index contributed by atoms with van der Waals surface area (Å²) in [6, 6.07) is 27.9. The third kappa shape index (κ3) is 6.24. The summed E-state index contributed by atoms with van der Waals surface area (Å²) in [6.45, 7) is 1.49. The van der Waals surface area contributed by atoms with Crippen molar-refractivity contribution in [1.29, 1.82) is 0 Å². The van der Waals surface area contributed by atoms with E-state index in [1.165, 1.54) is 6.92 Å². The number of likely N-dealkylation sites (tertiary alicyclic amines) is 1. The van der Waals surface area contributed by atoms with Crippen molar-refractivity contribution in [2.24, 2.45) is 0 Å². The Morgan fingerprint density at radius 3 is 1.86 bits per heavy atom. The molecule has 7 heteroatoms. The number of nitrogens with one attached hydrogen (secondary N) is 2. The second-order valence-electron chi connectivity index (χ2n) is 9.64. The average molecular weight is 499 g/mol. The van der Waals surface area contributed by atoms with Crippen LogP contribution in [0.2, 0.25) is 0 Å². The SMILES string of the molecule is CC(=O)N[C@H]1C[C@@H](C(=O)N(C)C)N(CC(=O)NC(c2ccccc2)c2ccccc2)[C@H]1c1ccccc1. The number of likely N-dealkylation sites (N-methyl/N-ethyl adjacent to an activating group) is 1. The van der Waals surface area contributed by atoms with Crippen LogP contribution in [0.3, 0.4) is 0 Å². The van der Waals surface area contributed by atoms with Gasteiger partial charge in [-0.1, -0.05) is 91.0 Å². The summed E-state index contributed by atoms with van der Waals surface area (Å²) >= 11 is 0. The van der Waals surface area contributed by atoms with Gasteiger partial charge in [0.05, 0.1) is 30.7 Å². The first kappa shape index (κ1) is 26.1. The zero-order valence-corrected chi connectivity index (χ0v) is 21.5. The highest BCUT2D eigenvalue weighted by Crippen LogP contribution is 2.37. The van der Waals surface area contributed by atoms with E-state index >= 15 is 0 Å². The van der Waals surface area contributed by atoms with Crippen molar-refractivity contribution in [2.45, 2.75) is 37.5 Å². The fourth-order valence-corrected chi connectivity index (χ4v) is 5.17. The second-order valence-corrected chi connectivity index (χ2v) is 9.64. The molecule has 3 aromatic rings. The van der Waals surface area contributed by atoms with Gasteiger partial charge in [-0.3, -0.25) is 19.3 Å². The lowest BCUT2D eigenvalue weighted by Crippen LogP contribution is -2.48. The Kier molecular flexibility index (Phi) is 8.36. The van der Waals surface area contributed by atoms with Crippen LogP contribution in [0.4, 0.5) is 0 Å². The first-order valence-corrected chi connectivity index (χ1v) is 12.5. The third-order valence-corrected chi connectivity index (χ3v) is 6.77. The molecule has 192 valence electrons. The van der Waals surface area contributed by atoms with Gasteiger partial charge in [-0.05, 0) is 23.1 Å². The zero-order chi connectivity index (χ0) is 26.4. The molecule has 37 heavy (non-hydrogen) atoms. The van der Waals surface area contributed by atoms with Gasteiger partial charge in [-0.15, -0.1) is 0 Å². The van der Waals surface area contributed by atoms with Crippen molar-refractivity contribution < 1.29 is 14.4 Å². The minimum Gasteiger partial charge on any atom is -0.352 e. The van der Waals surface area contributed by atoms with Gasteiger partial charge < -0.3 is 15.5 Å². The van der Waals surface area contributed by atoms with Crippen LogP contribution in [0.1, 0.15) is 42.1 Å². The van der Waals surface area contributed by atoms with Crippen LogP contribution in [0.25, 0.3) is 0 Å². The van der Waals surface area contributed by atoms with E-state index in [4.69, 9.17) is 0 Å². The second kappa shape index (κ2) is 11.8. The molecule has 0 aliphatic carbocycles. The van der Waals surface area contributed by atoms with E-state index in [1.54, 1.807) is 19.0 Å². The van der Waals surface area contributed by atoms with Crippen molar-refractivity contribution in [3.05, 3.63) is 108 Å². The third-order valence-electron chi connectivity index (χ3n) is 6.77. The maximum absolute atomic E-state index is 13.6. The van der Waals surface area contributed by atoms with Crippen LogP contribution in [0.15, 0.2) is 91.0 Å². The van der Waals surface area contributed by atoms with Crippen molar-refractivity contribution in [1.82, 2.24) is 20.4 Å². The molecule has 4 rings (SSSR count). The Labute approximate surface area is 218 Å². The molecule has 1 saturated heterocycles. The van der Waals surface area contributed by atoms with Gasteiger partial charge in [0.25, 0.3) is 0 Å². The van der Waals surface area contributed by atoms with E-state index < -0.39 is 6.04 Å². The molecule has 1 aliphatic rings. The lowest BCUT2D eigenvalue weighted by Gasteiger charge is -2.32. The molecule has 0 spiro atoms. The number of carbonyl (C=O) groups excluding carboxylic acids is 3. The summed E-state index contributed by atoms with van der Waals surface area (Å²) in [5.41, 5.74) is 2.89. The Bertz CT molecular complexity index is 1160. The molecule has 3 amide bonds. The summed E-state index contributed by atoms with van der Waals surface area (Å²) in [5, 5.41) is 6.23. The van der Waals surface area contributed by atoms with Gasteiger partial charge in [-0.25, -0.2) is 0 Å². The number of benzene rings is 3. The first-order valence-electron chi connectivity index (χ1n) is 12.5. The van der Waals surface area contributed by atoms with Crippen LogP contribution in [-0.2, 0) is 14.4 Å². The van der Waals surface area contributed by atoms with Gasteiger partial charge in [0, 0.05) is 21.0 Å². The van der Waals surface area contributed by atoms with E-state index in [0.717, 1.165) is 16.7 Å². The van der Waals surface area contributed by atoms with Gasteiger partial charge in [0.1, 0.15) is 0 Å². The van der Waals surface area contributed by atoms with E-state index in [9.17, 15) is 14.4 Å². The lowest BCUT2D eigenvalue weighted by atomic mass is 9.98. The average Bonchev–Trinajstić information content (AvgIpc) is 3.24. The molecule has 3 aromatic carbocycles. The standard InChI is InChI=1S/C30H34N4O3/c1-21(35)31-25-19-26(30(37)33(2)3)34(29(25)24-17-11-6-12-18-24)20-27(36)32-28(22-13-7-4-8-14-22)23-15-9-5-10-16-23/h4-18,25-26,28-29H,19-20H2,1-3H3,(H,31,35)(H,32,36)/t25-,26-,29-/m0/s1. The molecule has 0 unspecified atom stereocenters. The van der Waals surface area contributed by atoms with E-state index in [0.29, 0.717) is 6.42 Å². The first-order chi connectivity index (χ1) is 17.8. The Morgan fingerprint density at radius 1 is 0.865 bits per heavy atom. The lowest BCUT2D eigenvalue weighted by molar-refractivity contribution is -0.135. The molecule has 0 bridgehead atoms. The zero-order valence-electron chi connectivity index (χ0n) is 21.5. The number of rotatable bonds is 8. The highest BCUT2D eigenvalue weighted by Gasteiger charge is 2.46. The largest absolute Gasteiger partial charge is 0.352 e. The van der Waals surface area contributed by atoms with Crippen LogP contribution < -0.4 is 10.6 Å². The summed E-state index contributed by atoms with van der Waals surface area (Å²) in [6.07, 6.45) is 0.421. The molecule has 7 nitrogen and oxygen atoms in total. The molecular formula is C30H34N4O3. The fourth-order valence-electron chi connectivity index (χ4n) is 5.17. The highest BCUT2D eigenvalue weighted by atomic mass is 16.2. The number of amides is 3. The topological polar surface area (TPSA) is 81.8 Å². The smallest absolute Gasteiger partial charge is 0.239 e. The summed E-state index contributed by atoms with van der Waals surface area (Å²) < 4.78 is 0. The molecule has 0 radical (unpaired) electrons. The Morgan fingerprint density at radius 2 is 1.38 bits per heavy atom. The molecule has 0 saturated carbocycles. The fraction of sp³-hybridized carbons (Fsp3) is 0.300. The quantitative estimate of drug-likeness (QED) is 0.499. The molecule has 2 N–H and O–H groups in total. The predicted molar refractivity (Wildman–Crippen MR) is 143 cm³/mol. The van der Waals surface area contributed by atoms with Crippen LogP contribution in [0, 0.1) is 0 Å². The van der Waals surface area contributed by atoms with Crippen molar-refractivity contribution in [3.63, 3.8) is 0 Å². The summed E-state index contributed by atoms with van der Waals surface area (Å²) in [7, 11) is 3.43. The minimum absolute atomic E-state index is 0.00998. The van der Waals surface area contributed by atoms with E-state index in [1.807, 2.05) is 95.9 Å². The number of hydrogen-bond donors (Lipinski definition) is 2. The molecule has 1 fully saturated rings. The number of nitrogens with zero attached hydrogens (tertiary/aromatic N) is 2. The maximum Gasteiger partial charge on any atom is 0.239 e. The van der Waals surface area contributed by atoms with Gasteiger partial charge >= 0.3 is 0 Å². The molecule has 1 aliphatic heterocycles. The monoisotopic (exact) mass is 498 g/mol. The Balaban J connectivity index is 1.66. The van der Waals surface area contributed by atoms with Crippen LogP contribution in [0.5, 0.6) is 0 Å². The number of hydrogen-bond acceptors (Lipinski definition) is 4. The predicted octanol–water partition coefficient (Wildman–Crippen LogP) is 3.30. The minimum atomic E-state index is -0.547. The van der Waals surface area contributed by atoms with Crippen molar-refractivity contribution in [2.75, 3.05) is 20.6 Å². The van der Waals surface area contributed by atoms with Gasteiger partial charge in [0.2, 0.25) is 17.7 Å². The van der Waals surface area contributed by atoms with E-state index in [-0.39, 0.29) is 42.4 Å². The normalized spacial score (nSPS) is 19.4. The maximum atomic E-state index is 13.6. The molecule has 3 atom stereocenters. The summed E-state index contributed by atoms with van der Waals surface area (Å²) in [4.78, 5) is 42.4. The molecular weight excluding hydrogens is 464 g/mol.